The van der Waals surface area contributed by atoms with Crippen molar-refractivity contribution < 1.29 is 14.3 Å². The number of hydrogen-bond donors (Lipinski definition) is 3. The van der Waals surface area contributed by atoms with Gasteiger partial charge in [-0.2, -0.15) is 5.10 Å². The molecule has 26 heavy (non-hydrogen) atoms. The van der Waals surface area contributed by atoms with Crippen molar-refractivity contribution in [3.63, 3.8) is 0 Å². The van der Waals surface area contributed by atoms with Crippen molar-refractivity contribution in [1.29, 1.82) is 0 Å². The number of benzene rings is 2. The lowest BCUT2D eigenvalue weighted by molar-refractivity contribution is 0.102. The second kappa shape index (κ2) is 5.66. The van der Waals surface area contributed by atoms with Crippen molar-refractivity contribution in [2.45, 2.75) is 0 Å². The summed E-state index contributed by atoms with van der Waals surface area (Å²) < 4.78 is 10.8. The SMILES string of the molecule is O=C(Nc1[nH]ncc1-c1ccc2c(c1)OCO2)c1cccc2[nH]ccc12. The molecule has 0 fully saturated rings. The molecule has 5 rings (SSSR count). The molecule has 0 saturated carbocycles. The number of nitrogens with one attached hydrogen (secondary N) is 3. The topological polar surface area (TPSA) is 92.0 Å². The average molecular weight is 346 g/mol. The van der Waals surface area contributed by atoms with E-state index < -0.39 is 0 Å². The second-order valence-electron chi connectivity index (χ2n) is 5.93. The van der Waals surface area contributed by atoms with Crippen molar-refractivity contribution in [1.82, 2.24) is 15.2 Å². The van der Waals surface area contributed by atoms with Crippen molar-refractivity contribution in [2.24, 2.45) is 0 Å². The minimum atomic E-state index is -0.207. The Labute approximate surface area is 147 Å². The number of anilines is 1. The Morgan fingerprint density at radius 3 is 3.00 bits per heavy atom. The fourth-order valence-corrected chi connectivity index (χ4v) is 3.13. The Kier molecular flexibility index (Phi) is 3.18. The van der Waals surface area contributed by atoms with Crippen molar-refractivity contribution >= 4 is 22.6 Å². The predicted octanol–water partition coefficient (Wildman–Crippen LogP) is 3.54. The van der Waals surface area contributed by atoms with E-state index in [1.54, 1.807) is 12.3 Å². The maximum Gasteiger partial charge on any atom is 0.257 e. The Bertz CT molecular complexity index is 1130. The van der Waals surface area contributed by atoms with Crippen LogP contribution in [0.2, 0.25) is 0 Å². The lowest BCUT2D eigenvalue weighted by Gasteiger charge is -2.08. The fourth-order valence-electron chi connectivity index (χ4n) is 3.13. The van der Waals surface area contributed by atoms with Crippen molar-refractivity contribution in [2.75, 3.05) is 12.1 Å². The van der Waals surface area contributed by atoms with E-state index in [0.717, 1.165) is 22.0 Å². The van der Waals surface area contributed by atoms with Crippen LogP contribution < -0.4 is 14.8 Å². The molecule has 7 heteroatoms. The van der Waals surface area contributed by atoms with Crippen molar-refractivity contribution in [3.8, 4) is 22.6 Å². The first-order valence-corrected chi connectivity index (χ1v) is 8.10. The molecule has 3 heterocycles. The number of ether oxygens (including phenoxy) is 2. The van der Waals surface area contributed by atoms with Gasteiger partial charge in [-0.05, 0) is 35.9 Å². The third-order valence-corrected chi connectivity index (χ3v) is 4.40. The van der Waals surface area contributed by atoms with Crippen LogP contribution in [0.5, 0.6) is 11.5 Å². The zero-order valence-corrected chi connectivity index (χ0v) is 13.6. The lowest BCUT2D eigenvalue weighted by atomic mass is 10.1. The number of carbonyl (C=O) groups is 1. The van der Waals surface area contributed by atoms with E-state index in [1.165, 1.54) is 0 Å². The first kappa shape index (κ1) is 14.6. The normalized spacial score (nSPS) is 12.5. The number of nitrogens with zero attached hydrogens (tertiary/aromatic N) is 1. The molecule has 2 aromatic carbocycles. The summed E-state index contributed by atoms with van der Waals surface area (Å²) in [4.78, 5) is 15.9. The molecular weight excluding hydrogens is 332 g/mol. The smallest absolute Gasteiger partial charge is 0.257 e. The maximum absolute atomic E-state index is 12.8. The van der Waals surface area contributed by atoms with Crippen LogP contribution in [0.3, 0.4) is 0 Å². The summed E-state index contributed by atoms with van der Waals surface area (Å²) in [5, 5.41) is 10.7. The number of aromatic amines is 2. The number of carbonyl (C=O) groups excluding carboxylic acids is 1. The zero-order chi connectivity index (χ0) is 17.5. The highest BCUT2D eigenvalue weighted by Gasteiger charge is 2.18. The third kappa shape index (κ3) is 2.29. The molecule has 1 aliphatic heterocycles. The minimum absolute atomic E-state index is 0.207. The zero-order valence-electron chi connectivity index (χ0n) is 13.6. The number of hydrogen-bond acceptors (Lipinski definition) is 4. The molecule has 0 bridgehead atoms. The fraction of sp³-hybridized carbons (Fsp3) is 0.0526. The predicted molar refractivity (Wildman–Crippen MR) is 96.4 cm³/mol. The summed E-state index contributed by atoms with van der Waals surface area (Å²) in [6, 6.07) is 13.1. The minimum Gasteiger partial charge on any atom is -0.454 e. The summed E-state index contributed by atoms with van der Waals surface area (Å²) in [6.45, 7) is 0.217. The molecule has 3 N–H and O–H groups in total. The third-order valence-electron chi connectivity index (χ3n) is 4.40. The van der Waals surface area contributed by atoms with Gasteiger partial charge < -0.3 is 19.8 Å². The number of aromatic nitrogens is 3. The van der Waals surface area contributed by atoms with Crippen LogP contribution in [0.4, 0.5) is 5.82 Å². The Hall–Kier alpha value is -3.74. The molecule has 4 aromatic rings. The van der Waals surface area contributed by atoms with E-state index in [-0.39, 0.29) is 12.7 Å². The molecule has 7 nitrogen and oxygen atoms in total. The van der Waals surface area contributed by atoms with Crippen LogP contribution in [0.15, 0.2) is 54.9 Å². The van der Waals surface area contributed by atoms with Gasteiger partial charge in [-0.15, -0.1) is 0 Å². The van der Waals surface area contributed by atoms with Gasteiger partial charge >= 0.3 is 0 Å². The lowest BCUT2D eigenvalue weighted by Crippen LogP contribution is -2.13. The van der Waals surface area contributed by atoms with Crippen LogP contribution in [0.1, 0.15) is 10.4 Å². The van der Waals surface area contributed by atoms with Gasteiger partial charge in [0.15, 0.2) is 11.5 Å². The van der Waals surface area contributed by atoms with Gasteiger partial charge in [0, 0.05) is 28.2 Å². The van der Waals surface area contributed by atoms with Crippen LogP contribution in [0.25, 0.3) is 22.0 Å². The number of fused-ring (bicyclic) bond motifs is 2. The molecule has 128 valence electrons. The summed E-state index contributed by atoms with van der Waals surface area (Å²) >= 11 is 0. The highest BCUT2D eigenvalue weighted by Crippen LogP contribution is 2.37. The quantitative estimate of drug-likeness (QED) is 0.529. The Morgan fingerprint density at radius 2 is 2.04 bits per heavy atom. The summed E-state index contributed by atoms with van der Waals surface area (Å²) in [6.07, 6.45) is 3.49. The van der Waals surface area contributed by atoms with Gasteiger partial charge in [-0.25, -0.2) is 0 Å². The van der Waals surface area contributed by atoms with Gasteiger partial charge in [-0.1, -0.05) is 12.1 Å². The Balaban J connectivity index is 1.48. The van der Waals surface area contributed by atoms with E-state index in [0.29, 0.717) is 22.9 Å². The highest BCUT2D eigenvalue weighted by atomic mass is 16.7. The van der Waals surface area contributed by atoms with E-state index in [1.807, 2.05) is 42.6 Å². The maximum atomic E-state index is 12.8. The van der Waals surface area contributed by atoms with Gasteiger partial charge in [0.2, 0.25) is 6.79 Å². The number of amides is 1. The first-order valence-electron chi connectivity index (χ1n) is 8.10. The largest absolute Gasteiger partial charge is 0.454 e. The molecule has 0 aliphatic carbocycles. The molecule has 0 unspecified atom stereocenters. The summed E-state index contributed by atoms with van der Waals surface area (Å²) in [5.74, 6) is 1.71. The molecule has 0 radical (unpaired) electrons. The molecule has 0 atom stereocenters. The van der Waals surface area contributed by atoms with Gasteiger partial charge in [0.05, 0.1) is 6.20 Å². The van der Waals surface area contributed by atoms with Crippen molar-refractivity contribution in [3.05, 3.63) is 60.4 Å². The monoisotopic (exact) mass is 346 g/mol. The van der Waals surface area contributed by atoms with Gasteiger partial charge in [0.25, 0.3) is 5.91 Å². The second-order valence-corrected chi connectivity index (χ2v) is 5.93. The first-order chi connectivity index (χ1) is 12.8. The average Bonchev–Trinajstić information content (AvgIpc) is 3.40. The van der Waals surface area contributed by atoms with E-state index in [9.17, 15) is 4.79 Å². The molecule has 1 amide bonds. The standard InChI is InChI=1S/C19H14N4O3/c24-19(13-2-1-3-15-12(13)6-7-20-15)22-18-14(9-21-23-18)11-4-5-16-17(8-11)26-10-25-16/h1-9,20H,10H2,(H2,21,22,23,24). The van der Waals surface area contributed by atoms with E-state index in [2.05, 4.69) is 20.5 Å². The van der Waals surface area contributed by atoms with Crippen LogP contribution in [0, 0.1) is 0 Å². The van der Waals surface area contributed by atoms with Crippen LogP contribution in [-0.4, -0.2) is 27.9 Å². The van der Waals surface area contributed by atoms with Crippen LogP contribution >= 0.6 is 0 Å². The van der Waals surface area contributed by atoms with E-state index in [4.69, 9.17) is 9.47 Å². The van der Waals surface area contributed by atoms with E-state index >= 15 is 0 Å². The molecule has 1 aliphatic rings. The van der Waals surface area contributed by atoms with Gasteiger partial charge in [0.1, 0.15) is 5.82 Å². The van der Waals surface area contributed by atoms with Gasteiger partial charge in [-0.3, -0.25) is 9.89 Å². The Morgan fingerprint density at radius 1 is 1.12 bits per heavy atom. The summed E-state index contributed by atoms with van der Waals surface area (Å²) in [7, 11) is 0. The molecule has 0 saturated heterocycles. The highest BCUT2D eigenvalue weighted by molar-refractivity contribution is 6.13. The molecular formula is C19H14N4O3. The number of H-pyrrole nitrogens is 2. The number of rotatable bonds is 3. The molecule has 2 aromatic heterocycles. The van der Waals surface area contributed by atoms with Crippen LogP contribution in [-0.2, 0) is 0 Å². The summed E-state index contributed by atoms with van der Waals surface area (Å²) in [5.41, 5.74) is 3.16. The molecule has 0 spiro atoms.